The number of pyridine rings is 1. The van der Waals surface area contributed by atoms with Crippen molar-refractivity contribution in [1.29, 1.82) is 0 Å². The highest BCUT2D eigenvalue weighted by Crippen LogP contribution is 2.25. The highest BCUT2D eigenvalue weighted by molar-refractivity contribution is 14.0. The molecule has 27 heavy (non-hydrogen) atoms. The summed E-state index contributed by atoms with van der Waals surface area (Å²) < 4.78 is 5.65. The summed E-state index contributed by atoms with van der Waals surface area (Å²) in [6.07, 6.45) is 3.44. The number of aliphatic imine (C=N–C) groups is 1. The van der Waals surface area contributed by atoms with Gasteiger partial charge < -0.3 is 19.9 Å². The molecule has 0 bridgehead atoms. The minimum atomic E-state index is 0. The Labute approximate surface area is 182 Å². The third-order valence-corrected chi connectivity index (χ3v) is 4.59. The van der Waals surface area contributed by atoms with Crippen LogP contribution in [-0.4, -0.2) is 62.2 Å². The Bertz CT molecular complexity index is 723. The van der Waals surface area contributed by atoms with Crippen molar-refractivity contribution in [3.05, 3.63) is 53.8 Å². The first kappa shape index (κ1) is 21.6. The van der Waals surface area contributed by atoms with Crippen molar-refractivity contribution in [2.24, 2.45) is 4.99 Å². The van der Waals surface area contributed by atoms with Gasteiger partial charge in [0, 0.05) is 39.4 Å². The van der Waals surface area contributed by atoms with Crippen LogP contribution in [0.1, 0.15) is 0 Å². The second-order valence-corrected chi connectivity index (χ2v) is 6.34. The number of rotatable bonds is 5. The van der Waals surface area contributed by atoms with E-state index in [2.05, 4.69) is 31.2 Å². The molecule has 0 atom stereocenters. The molecule has 146 valence electrons. The van der Waals surface area contributed by atoms with E-state index in [1.165, 1.54) is 0 Å². The second kappa shape index (κ2) is 11.2. The number of piperazine rings is 1. The van der Waals surface area contributed by atoms with E-state index in [0.29, 0.717) is 13.2 Å². The van der Waals surface area contributed by atoms with Crippen molar-refractivity contribution in [2.75, 3.05) is 51.3 Å². The molecule has 0 aliphatic carbocycles. The Morgan fingerprint density at radius 3 is 2.63 bits per heavy atom. The van der Waals surface area contributed by atoms with Crippen LogP contribution < -0.4 is 15.0 Å². The highest BCUT2D eigenvalue weighted by Gasteiger charge is 2.20. The van der Waals surface area contributed by atoms with E-state index >= 15 is 0 Å². The lowest BCUT2D eigenvalue weighted by molar-refractivity contribution is 0.314. The number of nitrogens with one attached hydrogen (secondary N) is 1. The van der Waals surface area contributed by atoms with Crippen LogP contribution in [0.2, 0.25) is 5.02 Å². The van der Waals surface area contributed by atoms with Gasteiger partial charge in [-0.2, -0.15) is 0 Å². The van der Waals surface area contributed by atoms with Crippen LogP contribution in [0.15, 0.2) is 53.8 Å². The van der Waals surface area contributed by atoms with Gasteiger partial charge in [0.15, 0.2) is 5.96 Å². The summed E-state index contributed by atoms with van der Waals surface area (Å²) in [4.78, 5) is 13.0. The van der Waals surface area contributed by atoms with E-state index < -0.39 is 0 Å². The number of guanidine groups is 1. The van der Waals surface area contributed by atoms with Crippen LogP contribution in [0.3, 0.4) is 0 Å². The van der Waals surface area contributed by atoms with E-state index in [-0.39, 0.29) is 24.0 Å². The third kappa shape index (κ3) is 6.14. The number of ether oxygens (including phenoxy) is 1. The molecule has 0 unspecified atom stereocenters. The molecule has 0 radical (unpaired) electrons. The topological polar surface area (TPSA) is 53.0 Å². The van der Waals surface area contributed by atoms with Crippen molar-refractivity contribution in [2.45, 2.75) is 0 Å². The molecule has 1 fully saturated rings. The summed E-state index contributed by atoms with van der Waals surface area (Å²) in [5.74, 6) is 1.68. The number of hydrogen-bond donors (Lipinski definition) is 1. The van der Waals surface area contributed by atoms with Crippen LogP contribution in [0, 0.1) is 0 Å². The highest BCUT2D eigenvalue weighted by atomic mass is 127. The van der Waals surface area contributed by atoms with Crippen molar-refractivity contribution in [3.63, 3.8) is 0 Å². The summed E-state index contributed by atoms with van der Waals surface area (Å²) in [5.41, 5.74) is 1.10. The Morgan fingerprint density at radius 1 is 1.19 bits per heavy atom. The maximum Gasteiger partial charge on any atom is 0.193 e. The number of anilines is 1. The maximum absolute atomic E-state index is 6.31. The van der Waals surface area contributed by atoms with Gasteiger partial charge in [0.1, 0.15) is 12.4 Å². The first-order valence-electron chi connectivity index (χ1n) is 8.76. The van der Waals surface area contributed by atoms with Crippen LogP contribution in [-0.2, 0) is 0 Å². The van der Waals surface area contributed by atoms with Crippen molar-refractivity contribution >= 4 is 47.2 Å². The van der Waals surface area contributed by atoms with E-state index in [9.17, 15) is 0 Å². The molecule has 6 nitrogen and oxygen atoms in total. The van der Waals surface area contributed by atoms with Crippen LogP contribution in [0.25, 0.3) is 0 Å². The smallest absolute Gasteiger partial charge is 0.193 e. The average molecular weight is 502 g/mol. The Balaban J connectivity index is 0.00000261. The lowest BCUT2D eigenvalue weighted by Gasteiger charge is -2.38. The molecule has 2 heterocycles. The normalized spacial score (nSPS) is 14.5. The largest absolute Gasteiger partial charge is 0.490 e. The Hall–Kier alpha value is -1.74. The molecule has 1 N–H and O–H groups in total. The van der Waals surface area contributed by atoms with Gasteiger partial charge in [0.05, 0.1) is 23.5 Å². The van der Waals surface area contributed by atoms with Gasteiger partial charge in [-0.3, -0.25) is 9.98 Å². The van der Waals surface area contributed by atoms with Gasteiger partial charge in [-0.05, 0) is 24.3 Å². The molecule has 1 aliphatic rings. The summed E-state index contributed by atoms with van der Waals surface area (Å²) in [7, 11) is 1.81. The number of aromatic nitrogens is 1. The molecule has 1 saturated heterocycles. The van der Waals surface area contributed by atoms with Gasteiger partial charge in [0.2, 0.25) is 0 Å². The van der Waals surface area contributed by atoms with Crippen molar-refractivity contribution < 1.29 is 4.74 Å². The van der Waals surface area contributed by atoms with E-state index in [1.807, 2.05) is 37.4 Å². The number of nitrogens with zero attached hydrogens (tertiary/aromatic N) is 4. The minimum Gasteiger partial charge on any atom is -0.490 e. The SMILES string of the molecule is CN=C(NCCOc1cccnc1)N1CCN(c2ccccc2Cl)CC1.I. The standard InChI is InChI=1S/C19H24ClN5O.HI/c1-21-19(23-9-14-26-16-5-4-8-22-15-16)25-12-10-24(11-13-25)18-7-3-2-6-17(18)20;/h2-8,15H,9-14H2,1H3,(H,21,23);1H. The lowest BCUT2D eigenvalue weighted by Crippen LogP contribution is -2.53. The second-order valence-electron chi connectivity index (χ2n) is 5.94. The van der Waals surface area contributed by atoms with Crippen molar-refractivity contribution in [3.8, 4) is 5.75 Å². The quantitative estimate of drug-likeness (QED) is 0.295. The van der Waals surface area contributed by atoms with Crippen LogP contribution in [0.4, 0.5) is 5.69 Å². The van der Waals surface area contributed by atoms with Gasteiger partial charge >= 0.3 is 0 Å². The van der Waals surface area contributed by atoms with Crippen molar-refractivity contribution in [1.82, 2.24) is 15.2 Å². The van der Waals surface area contributed by atoms with E-state index in [4.69, 9.17) is 16.3 Å². The molecular weight excluding hydrogens is 477 g/mol. The van der Waals surface area contributed by atoms with E-state index in [0.717, 1.165) is 48.6 Å². The molecule has 1 aromatic heterocycles. The average Bonchev–Trinajstić information content (AvgIpc) is 2.70. The summed E-state index contributed by atoms with van der Waals surface area (Å²) in [6, 6.07) is 11.8. The fourth-order valence-electron chi connectivity index (χ4n) is 2.96. The maximum atomic E-state index is 6.31. The number of benzene rings is 1. The molecule has 0 amide bonds. The zero-order chi connectivity index (χ0) is 18.2. The molecular formula is C19H25ClIN5O. The molecule has 0 spiro atoms. The zero-order valence-corrected chi connectivity index (χ0v) is 18.4. The predicted molar refractivity (Wildman–Crippen MR) is 122 cm³/mol. The first-order chi connectivity index (χ1) is 12.8. The van der Waals surface area contributed by atoms with E-state index in [1.54, 1.807) is 12.4 Å². The molecule has 8 heteroatoms. The number of hydrogen-bond acceptors (Lipinski definition) is 4. The van der Waals surface area contributed by atoms with Gasteiger partial charge in [-0.25, -0.2) is 0 Å². The van der Waals surface area contributed by atoms with Gasteiger partial charge in [-0.15, -0.1) is 24.0 Å². The molecule has 1 aliphatic heterocycles. The van der Waals surface area contributed by atoms with Gasteiger partial charge in [-0.1, -0.05) is 23.7 Å². The Kier molecular flexibility index (Phi) is 8.93. The monoisotopic (exact) mass is 501 g/mol. The minimum absolute atomic E-state index is 0. The fraction of sp³-hybridized carbons (Fsp3) is 0.368. The fourth-order valence-corrected chi connectivity index (χ4v) is 3.22. The molecule has 3 rings (SSSR count). The number of halogens is 2. The molecule has 2 aromatic rings. The molecule has 1 aromatic carbocycles. The first-order valence-corrected chi connectivity index (χ1v) is 9.13. The van der Waals surface area contributed by atoms with Crippen LogP contribution >= 0.6 is 35.6 Å². The third-order valence-electron chi connectivity index (χ3n) is 4.27. The van der Waals surface area contributed by atoms with Crippen LogP contribution in [0.5, 0.6) is 5.75 Å². The Morgan fingerprint density at radius 2 is 1.96 bits per heavy atom. The summed E-state index contributed by atoms with van der Waals surface area (Å²) in [6.45, 7) is 4.87. The summed E-state index contributed by atoms with van der Waals surface area (Å²) in [5, 5.41) is 4.16. The molecule has 0 saturated carbocycles. The number of para-hydroxylation sites is 1. The zero-order valence-electron chi connectivity index (χ0n) is 15.3. The lowest BCUT2D eigenvalue weighted by atomic mass is 10.2. The predicted octanol–water partition coefficient (Wildman–Crippen LogP) is 3.13. The van der Waals surface area contributed by atoms with Gasteiger partial charge in [0.25, 0.3) is 0 Å². The summed E-state index contributed by atoms with van der Waals surface area (Å²) >= 11 is 6.31.